The minimum Gasteiger partial charge on any atom is -0.493 e. The Bertz CT molecular complexity index is 1760. The van der Waals surface area contributed by atoms with Crippen LogP contribution in [0.2, 0.25) is 0 Å². The molecule has 2 aromatic heterocycles. The van der Waals surface area contributed by atoms with Gasteiger partial charge >= 0.3 is 5.69 Å². The number of benzene rings is 2. The average molecular weight is 560 g/mol. The molecule has 1 aliphatic heterocycles. The zero-order chi connectivity index (χ0) is 29.4. The molecule has 0 saturated carbocycles. The Morgan fingerprint density at radius 2 is 1.76 bits per heavy atom. The molecule has 5 rings (SSSR count). The first-order valence-corrected chi connectivity index (χ1v) is 13.2. The molecule has 1 amide bonds. The molecule has 1 aliphatic rings. The molecule has 0 saturated heterocycles. The number of hydrogen-bond acceptors (Lipinski definition) is 8. The fourth-order valence-electron chi connectivity index (χ4n) is 5.39. The van der Waals surface area contributed by atoms with Crippen molar-refractivity contribution >= 4 is 11.6 Å². The lowest BCUT2D eigenvalue weighted by molar-refractivity contribution is 0.0939. The molecule has 4 aromatic rings. The van der Waals surface area contributed by atoms with Crippen molar-refractivity contribution in [3.8, 4) is 28.6 Å². The Labute approximate surface area is 236 Å². The maximum Gasteiger partial charge on any atom is 0.330 e. The fraction of sp³-hybridized carbons (Fsp3) is 0.345. The van der Waals surface area contributed by atoms with E-state index in [4.69, 9.17) is 14.5 Å². The highest BCUT2D eigenvalue weighted by molar-refractivity contribution is 5.94. The highest BCUT2D eigenvalue weighted by Gasteiger charge is 2.23. The summed E-state index contributed by atoms with van der Waals surface area (Å²) in [6, 6.07) is 9.87. The lowest BCUT2D eigenvalue weighted by Crippen LogP contribution is -2.44. The maximum atomic E-state index is 14.0. The Hall–Kier alpha value is -4.87. The van der Waals surface area contributed by atoms with E-state index in [1.54, 1.807) is 23.4 Å². The average Bonchev–Trinajstić information content (AvgIpc) is 3.28. The summed E-state index contributed by atoms with van der Waals surface area (Å²) in [6.07, 6.45) is 0.638. The molecule has 0 bridgehead atoms. The number of ether oxygens (including phenoxy) is 2. The Morgan fingerprint density at radius 1 is 1.07 bits per heavy atom. The highest BCUT2D eigenvalue weighted by Crippen LogP contribution is 2.37. The third-order valence-electron chi connectivity index (χ3n) is 7.29. The monoisotopic (exact) mass is 559 g/mol. The number of carbonyl (C=O) groups is 1. The van der Waals surface area contributed by atoms with Crippen molar-refractivity contribution in [2.24, 2.45) is 12.0 Å². The predicted octanol–water partition coefficient (Wildman–Crippen LogP) is 2.31. The van der Waals surface area contributed by atoms with Gasteiger partial charge in [0, 0.05) is 38.3 Å². The van der Waals surface area contributed by atoms with Gasteiger partial charge in [-0.15, -0.1) is 0 Å². The highest BCUT2D eigenvalue weighted by atomic mass is 16.5. The Balaban J connectivity index is 1.63. The molecule has 2 aromatic carbocycles. The van der Waals surface area contributed by atoms with Crippen molar-refractivity contribution in [1.29, 1.82) is 0 Å². The minimum atomic E-state index is -0.549. The summed E-state index contributed by atoms with van der Waals surface area (Å²) in [6.45, 7) is 6.76. The summed E-state index contributed by atoms with van der Waals surface area (Å²) in [7, 11) is 4.69. The van der Waals surface area contributed by atoms with E-state index < -0.39 is 11.8 Å². The zero-order valence-corrected chi connectivity index (χ0v) is 24.0. The number of carbonyl (C=O) groups excluding carboxylic acids is 1. The first-order chi connectivity index (χ1) is 19.6. The van der Waals surface area contributed by atoms with Crippen molar-refractivity contribution in [1.82, 2.24) is 29.4 Å². The van der Waals surface area contributed by atoms with Crippen LogP contribution in [0.4, 0.5) is 5.69 Å². The lowest BCUT2D eigenvalue weighted by Gasteiger charge is -2.24. The molecule has 0 spiro atoms. The third kappa shape index (κ3) is 5.08. The Morgan fingerprint density at radius 3 is 2.39 bits per heavy atom. The third-order valence-corrected chi connectivity index (χ3v) is 7.29. The van der Waals surface area contributed by atoms with Gasteiger partial charge in [0.1, 0.15) is 5.49 Å². The number of aromatic nitrogens is 5. The molecule has 41 heavy (non-hydrogen) atoms. The molecule has 0 aliphatic carbocycles. The van der Waals surface area contributed by atoms with E-state index in [1.807, 2.05) is 39.0 Å². The zero-order valence-electron chi connectivity index (χ0n) is 24.0. The van der Waals surface area contributed by atoms with Crippen molar-refractivity contribution in [2.75, 3.05) is 20.8 Å². The van der Waals surface area contributed by atoms with E-state index in [1.165, 1.54) is 11.7 Å². The topological polar surface area (TPSA) is 138 Å². The van der Waals surface area contributed by atoms with Crippen LogP contribution in [0.1, 0.15) is 32.7 Å². The van der Waals surface area contributed by atoms with E-state index in [2.05, 4.69) is 27.8 Å². The molecule has 12 heteroatoms. The van der Waals surface area contributed by atoms with E-state index >= 15 is 0 Å². The molecule has 0 atom stereocenters. The van der Waals surface area contributed by atoms with E-state index in [9.17, 15) is 14.7 Å². The van der Waals surface area contributed by atoms with E-state index in [0.29, 0.717) is 30.0 Å². The van der Waals surface area contributed by atoms with Gasteiger partial charge in [0.25, 0.3) is 11.8 Å². The minimum absolute atomic E-state index is 0.0611. The molecule has 0 fully saturated rings. The van der Waals surface area contributed by atoms with Gasteiger partial charge in [0.05, 0.1) is 25.6 Å². The summed E-state index contributed by atoms with van der Waals surface area (Å²) in [5.74, 6) is 0.197. The van der Waals surface area contributed by atoms with Crippen molar-refractivity contribution in [2.45, 2.75) is 40.3 Å². The summed E-state index contributed by atoms with van der Waals surface area (Å²) in [4.78, 5) is 31.7. The van der Waals surface area contributed by atoms with E-state index in [0.717, 1.165) is 39.2 Å². The molecular weight excluding hydrogens is 526 g/mol. The summed E-state index contributed by atoms with van der Waals surface area (Å²) >= 11 is 0. The molecule has 12 nitrogen and oxygen atoms in total. The van der Waals surface area contributed by atoms with Crippen LogP contribution in [-0.2, 0) is 26.6 Å². The van der Waals surface area contributed by atoms with Gasteiger partial charge in [-0.1, -0.05) is 28.0 Å². The van der Waals surface area contributed by atoms with Gasteiger partial charge < -0.3 is 19.9 Å². The molecular formula is C29H33N7O5. The SMILES string of the molecule is COc1cc2c(cc1OC)-c1cc(=Nc3c(C)cc(C)cc3C)n(CCNC(=O)c3c(O)nnn3C)c(=O)n1CC2. The second kappa shape index (κ2) is 11.0. The van der Waals surface area contributed by atoms with Gasteiger partial charge in [-0.3, -0.25) is 13.9 Å². The summed E-state index contributed by atoms with van der Waals surface area (Å²) < 4.78 is 15.5. The smallest absolute Gasteiger partial charge is 0.330 e. The van der Waals surface area contributed by atoms with Crippen LogP contribution < -0.4 is 26.0 Å². The first kappa shape index (κ1) is 27.7. The van der Waals surface area contributed by atoms with Crippen molar-refractivity contribution in [3.63, 3.8) is 0 Å². The first-order valence-electron chi connectivity index (χ1n) is 13.2. The Kier molecular flexibility index (Phi) is 7.40. The molecule has 2 N–H and O–H groups in total. The van der Waals surface area contributed by atoms with Gasteiger partial charge in [-0.05, 0) is 56.0 Å². The van der Waals surface area contributed by atoms with E-state index in [-0.39, 0.29) is 24.5 Å². The van der Waals surface area contributed by atoms with Crippen LogP contribution in [0, 0.1) is 20.8 Å². The number of aryl methyl sites for hydroxylation is 5. The summed E-state index contributed by atoms with van der Waals surface area (Å²) in [5.41, 5.74) is 6.69. The van der Waals surface area contributed by atoms with Crippen LogP contribution in [0.15, 0.2) is 40.1 Å². The van der Waals surface area contributed by atoms with Crippen LogP contribution in [0.25, 0.3) is 11.3 Å². The number of fused-ring (bicyclic) bond motifs is 3. The standard InChI is InChI=1S/C29H33N7O5/c1-16-11-17(2)25(18(3)12-16)31-24-15-21-20-14-23(41-6)22(40-5)13-19(20)7-9-35(21)29(39)36(24)10-8-30-27(37)26-28(38)32-33-34(26)4/h11-15,38H,7-10H2,1-6H3,(H,30,37). The van der Waals surface area contributed by atoms with Crippen LogP contribution in [0.3, 0.4) is 0 Å². The largest absolute Gasteiger partial charge is 0.493 e. The van der Waals surface area contributed by atoms with Crippen LogP contribution in [-0.4, -0.2) is 55.9 Å². The number of hydrogen-bond donors (Lipinski definition) is 2. The quantitative estimate of drug-likeness (QED) is 0.354. The fourth-order valence-corrected chi connectivity index (χ4v) is 5.39. The van der Waals surface area contributed by atoms with Crippen molar-refractivity contribution < 1.29 is 19.4 Å². The number of aromatic hydroxyl groups is 1. The van der Waals surface area contributed by atoms with Gasteiger partial charge in [-0.25, -0.2) is 14.5 Å². The number of nitrogens with zero attached hydrogens (tertiary/aromatic N) is 6. The van der Waals surface area contributed by atoms with Crippen molar-refractivity contribution in [3.05, 3.63) is 74.3 Å². The number of methoxy groups -OCH3 is 2. The van der Waals surface area contributed by atoms with Crippen LogP contribution >= 0.6 is 0 Å². The second-order valence-electron chi connectivity index (χ2n) is 10.1. The summed E-state index contributed by atoms with van der Waals surface area (Å²) in [5, 5.41) is 19.8. The molecule has 0 unspecified atom stereocenters. The van der Waals surface area contributed by atoms with Gasteiger partial charge in [0.15, 0.2) is 17.2 Å². The molecule has 3 heterocycles. The normalized spacial score (nSPS) is 12.6. The lowest BCUT2D eigenvalue weighted by atomic mass is 9.97. The second-order valence-corrected chi connectivity index (χ2v) is 10.1. The van der Waals surface area contributed by atoms with Gasteiger partial charge in [-0.2, -0.15) is 0 Å². The maximum absolute atomic E-state index is 14.0. The number of nitrogens with one attached hydrogen (secondary N) is 1. The van der Waals surface area contributed by atoms with Crippen LogP contribution in [0.5, 0.6) is 17.4 Å². The van der Waals surface area contributed by atoms with Gasteiger partial charge in [0.2, 0.25) is 0 Å². The number of amides is 1. The number of rotatable bonds is 7. The molecule has 0 radical (unpaired) electrons. The predicted molar refractivity (Wildman–Crippen MR) is 152 cm³/mol. The molecule has 214 valence electrons.